The maximum atomic E-state index is 4.63. The maximum absolute atomic E-state index is 4.63. The molecule has 0 amide bonds. The van der Waals surface area contributed by atoms with Crippen LogP contribution in [0.3, 0.4) is 0 Å². The highest BCUT2D eigenvalue weighted by atomic mass is 15.3. The zero-order chi connectivity index (χ0) is 18.8. The van der Waals surface area contributed by atoms with Gasteiger partial charge < -0.3 is 4.57 Å². The summed E-state index contributed by atoms with van der Waals surface area (Å²) in [4.78, 5) is 4.63. The number of pyridine rings is 1. The van der Waals surface area contributed by atoms with Crippen molar-refractivity contribution in [3.05, 3.63) is 89.2 Å². The Morgan fingerprint density at radius 3 is 2.48 bits per heavy atom. The van der Waals surface area contributed by atoms with E-state index in [9.17, 15) is 0 Å². The van der Waals surface area contributed by atoms with Crippen LogP contribution in [0.15, 0.2) is 71.8 Å². The molecule has 2 heterocycles. The summed E-state index contributed by atoms with van der Waals surface area (Å²) in [6.45, 7) is 6.31. The average Bonchev–Trinajstić information content (AvgIpc) is 2.96. The van der Waals surface area contributed by atoms with E-state index in [-0.39, 0.29) is 0 Å². The second-order valence-corrected chi connectivity index (χ2v) is 6.71. The molecule has 0 bridgehead atoms. The Bertz CT molecular complexity index is 1120. The number of benzene rings is 2. The number of hydrogen-bond acceptors (Lipinski definition) is 3. The molecule has 4 heteroatoms. The first kappa shape index (κ1) is 17.0. The smallest absolute Gasteiger partial charge is 0.147 e. The number of nitrogens with one attached hydrogen (secondary N) is 1. The van der Waals surface area contributed by atoms with Gasteiger partial charge in [0.05, 0.1) is 11.7 Å². The number of anilines is 1. The van der Waals surface area contributed by atoms with E-state index in [2.05, 4.69) is 77.2 Å². The van der Waals surface area contributed by atoms with Gasteiger partial charge in [0.1, 0.15) is 5.82 Å². The standard InChI is InChI=1S/C23H22N4/c1-16-13-23(25-22-12-8-7-11-21(16)22)26-24-15-19-14-17(2)27(18(19)3)20-9-5-4-6-10-20/h4-15H,1-3H3,(H,25,26). The number of nitrogens with zero attached hydrogens (tertiary/aromatic N) is 3. The van der Waals surface area contributed by atoms with Crippen molar-refractivity contribution < 1.29 is 0 Å². The molecule has 2 aromatic carbocycles. The first-order chi connectivity index (χ1) is 13.1. The van der Waals surface area contributed by atoms with Crippen LogP contribution in [0.4, 0.5) is 5.82 Å². The third kappa shape index (κ3) is 3.34. The minimum absolute atomic E-state index is 0.749. The Morgan fingerprint density at radius 2 is 1.67 bits per heavy atom. The van der Waals surface area contributed by atoms with E-state index in [1.807, 2.05) is 36.5 Å². The van der Waals surface area contributed by atoms with Gasteiger partial charge in [-0.25, -0.2) is 4.98 Å². The van der Waals surface area contributed by atoms with E-state index in [1.54, 1.807) is 0 Å². The summed E-state index contributed by atoms with van der Waals surface area (Å²) in [6.07, 6.45) is 1.86. The second-order valence-electron chi connectivity index (χ2n) is 6.71. The van der Waals surface area contributed by atoms with Crippen LogP contribution in [0.25, 0.3) is 16.6 Å². The van der Waals surface area contributed by atoms with Crippen LogP contribution in [-0.2, 0) is 0 Å². The molecule has 0 saturated heterocycles. The van der Waals surface area contributed by atoms with Crippen LogP contribution in [-0.4, -0.2) is 15.8 Å². The van der Waals surface area contributed by atoms with Crippen molar-refractivity contribution in [3.8, 4) is 5.69 Å². The third-order valence-corrected chi connectivity index (χ3v) is 4.79. The molecule has 2 aromatic heterocycles. The SMILES string of the molecule is Cc1cc(NN=Cc2cc(C)n(-c3ccccc3)c2C)nc2ccccc12. The molecule has 0 radical (unpaired) electrons. The molecule has 134 valence electrons. The van der Waals surface area contributed by atoms with Crippen LogP contribution in [0.5, 0.6) is 0 Å². The van der Waals surface area contributed by atoms with Crippen molar-refractivity contribution in [2.45, 2.75) is 20.8 Å². The van der Waals surface area contributed by atoms with Crippen molar-refractivity contribution in [2.75, 3.05) is 5.43 Å². The van der Waals surface area contributed by atoms with Gasteiger partial charge in [0, 0.05) is 28.0 Å². The van der Waals surface area contributed by atoms with Crippen molar-refractivity contribution in [1.29, 1.82) is 0 Å². The first-order valence-corrected chi connectivity index (χ1v) is 9.03. The van der Waals surface area contributed by atoms with Crippen molar-refractivity contribution in [2.24, 2.45) is 5.10 Å². The Hall–Kier alpha value is -3.40. The van der Waals surface area contributed by atoms with Gasteiger partial charge in [-0.05, 0) is 56.7 Å². The fourth-order valence-corrected chi connectivity index (χ4v) is 3.47. The maximum Gasteiger partial charge on any atom is 0.147 e. The predicted octanol–water partition coefficient (Wildman–Crippen LogP) is 5.40. The van der Waals surface area contributed by atoms with Gasteiger partial charge in [-0.3, -0.25) is 5.43 Å². The lowest BCUT2D eigenvalue weighted by Crippen LogP contribution is -1.99. The molecule has 0 aliphatic heterocycles. The minimum atomic E-state index is 0.749. The summed E-state index contributed by atoms with van der Waals surface area (Å²) in [5, 5.41) is 5.58. The van der Waals surface area contributed by atoms with Gasteiger partial charge in [0.2, 0.25) is 0 Å². The number of aromatic nitrogens is 2. The fraction of sp³-hybridized carbons (Fsp3) is 0.130. The summed E-state index contributed by atoms with van der Waals surface area (Å²) in [6, 6.07) is 22.7. The predicted molar refractivity (Wildman–Crippen MR) is 113 cm³/mol. The summed E-state index contributed by atoms with van der Waals surface area (Å²) in [5.74, 6) is 0.749. The molecule has 4 nitrogen and oxygen atoms in total. The number of aryl methyl sites for hydroxylation is 2. The third-order valence-electron chi connectivity index (χ3n) is 4.79. The lowest BCUT2D eigenvalue weighted by atomic mass is 10.1. The summed E-state index contributed by atoms with van der Waals surface area (Å²) < 4.78 is 2.24. The van der Waals surface area contributed by atoms with Crippen LogP contribution >= 0.6 is 0 Å². The fourth-order valence-electron chi connectivity index (χ4n) is 3.47. The highest BCUT2D eigenvalue weighted by Crippen LogP contribution is 2.21. The van der Waals surface area contributed by atoms with Crippen molar-refractivity contribution in [1.82, 2.24) is 9.55 Å². The number of hydrazone groups is 1. The van der Waals surface area contributed by atoms with Gasteiger partial charge >= 0.3 is 0 Å². The molecule has 27 heavy (non-hydrogen) atoms. The zero-order valence-corrected chi connectivity index (χ0v) is 15.8. The molecule has 0 aliphatic rings. The average molecular weight is 354 g/mol. The number of fused-ring (bicyclic) bond motifs is 1. The van der Waals surface area contributed by atoms with Gasteiger partial charge in [0.15, 0.2) is 0 Å². The molecule has 0 unspecified atom stereocenters. The van der Waals surface area contributed by atoms with Crippen LogP contribution in [0.2, 0.25) is 0 Å². The Balaban J connectivity index is 1.59. The number of rotatable bonds is 4. The molecule has 1 N–H and O–H groups in total. The van der Waals surface area contributed by atoms with Gasteiger partial charge in [-0.15, -0.1) is 0 Å². The molecule has 0 fully saturated rings. The Kier molecular flexibility index (Phi) is 4.47. The molecule has 4 rings (SSSR count). The molecular formula is C23H22N4. The van der Waals surface area contributed by atoms with E-state index in [1.165, 1.54) is 16.6 Å². The highest BCUT2D eigenvalue weighted by molar-refractivity contribution is 5.85. The van der Waals surface area contributed by atoms with E-state index >= 15 is 0 Å². The van der Waals surface area contributed by atoms with Crippen molar-refractivity contribution >= 4 is 22.9 Å². The lowest BCUT2D eigenvalue weighted by Gasteiger charge is -2.09. The van der Waals surface area contributed by atoms with Gasteiger partial charge in [-0.1, -0.05) is 36.4 Å². The second kappa shape index (κ2) is 7.08. The highest BCUT2D eigenvalue weighted by Gasteiger charge is 2.09. The quantitative estimate of drug-likeness (QED) is 0.394. The Morgan fingerprint density at radius 1 is 0.926 bits per heavy atom. The van der Waals surface area contributed by atoms with Gasteiger partial charge in [-0.2, -0.15) is 5.10 Å². The van der Waals surface area contributed by atoms with E-state index < -0.39 is 0 Å². The normalized spacial score (nSPS) is 11.4. The van der Waals surface area contributed by atoms with Crippen LogP contribution in [0.1, 0.15) is 22.5 Å². The minimum Gasteiger partial charge on any atom is -0.318 e. The topological polar surface area (TPSA) is 42.2 Å². The lowest BCUT2D eigenvalue weighted by molar-refractivity contribution is 0.965. The molecule has 0 atom stereocenters. The van der Waals surface area contributed by atoms with E-state index in [4.69, 9.17) is 0 Å². The Labute approximate surface area is 159 Å². The summed E-state index contributed by atoms with van der Waals surface area (Å²) in [5.41, 5.74) is 9.81. The van der Waals surface area contributed by atoms with Gasteiger partial charge in [0.25, 0.3) is 0 Å². The molecule has 0 saturated carbocycles. The van der Waals surface area contributed by atoms with E-state index in [0.717, 1.165) is 28.3 Å². The molecule has 0 aliphatic carbocycles. The summed E-state index contributed by atoms with van der Waals surface area (Å²) >= 11 is 0. The number of para-hydroxylation sites is 2. The molecule has 0 spiro atoms. The summed E-state index contributed by atoms with van der Waals surface area (Å²) in [7, 11) is 0. The first-order valence-electron chi connectivity index (χ1n) is 9.03. The largest absolute Gasteiger partial charge is 0.318 e. The van der Waals surface area contributed by atoms with Crippen LogP contribution < -0.4 is 5.43 Å². The molecule has 4 aromatic rings. The monoisotopic (exact) mass is 354 g/mol. The zero-order valence-electron chi connectivity index (χ0n) is 15.8. The van der Waals surface area contributed by atoms with Crippen LogP contribution in [0, 0.1) is 20.8 Å². The van der Waals surface area contributed by atoms with E-state index in [0.29, 0.717) is 0 Å². The molecular weight excluding hydrogens is 332 g/mol. The number of hydrogen-bond donors (Lipinski definition) is 1. The van der Waals surface area contributed by atoms with Crippen molar-refractivity contribution in [3.63, 3.8) is 0 Å².